The molecular formula is C14H20N8. The van der Waals surface area contributed by atoms with Gasteiger partial charge in [0.25, 0.3) is 0 Å². The van der Waals surface area contributed by atoms with Gasteiger partial charge in [0.05, 0.1) is 11.7 Å². The first-order chi connectivity index (χ1) is 10.5. The van der Waals surface area contributed by atoms with Crippen LogP contribution in [0.3, 0.4) is 0 Å². The second kappa shape index (κ2) is 5.28. The van der Waals surface area contributed by atoms with Crippen molar-refractivity contribution in [2.24, 2.45) is 0 Å². The summed E-state index contributed by atoms with van der Waals surface area (Å²) in [6.07, 6.45) is 1.55. The van der Waals surface area contributed by atoms with Gasteiger partial charge in [0.15, 0.2) is 5.65 Å². The van der Waals surface area contributed by atoms with Gasteiger partial charge in [-0.15, -0.1) is 10.2 Å². The average Bonchev–Trinajstić information content (AvgIpc) is 3.03. The van der Waals surface area contributed by atoms with E-state index in [4.69, 9.17) is 5.73 Å². The highest BCUT2D eigenvalue weighted by atomic mass is 15.3. The number of aryl methyl sites for hydroxylation is 2. The van der Waals surface area contributed by atoms with Crippen LogP contribution in [0.2, 0.25) is 0 Å². The van der Waals surface area contributed by atoms with Crippen molar-refractivity contribution in [2.45, 2.75) is 40.3 Å². The van der Waals surface area contributed by atoms with Gasteiger partial charge in [0.2, 0.25) is 5.95 Å². The summed E-state index contributed by atoms with van der Waals surface area (Å²) >= 11 is 0. The first-order valence-corrected chi connectivity index (χ1v) is 7.28. The lowest BCUT2D eigenvalue weighted by Gasteiger charge is -2.16. The first kappa shape index (κ1) is 14.3. The molecule has 0 aliphatic heterocycles. The predicted molar refractivity (Wildman–Crippen MR) is 84.6 cm³/mol. The Balaban J connectivity index is 1.92. The molecule has 8 nitrogen and oxygen atoms in total. The van der Waals surface area contributed by atoms with Gasteiger partial charge in [-0.25, -0.2) is 0 Å². The van der Waals surface area contributed by atoms with Crippen molar-refractivity contribution < 1.29 is 0 Å². The molecule has 3 heterocycles. The van der Waals surface area contributed by atoms with Crippen molar-refractivity contribution in [3.05, 3.63) is 29.3 Å². The fourth-order valence-corrected chi connectivity index (χ4v) is 2.86. The van der Waals surface area contributed by atoms with Crippen LogP contribution in [0, 0.1) is 13.8 Å². The molecule has 1 atom stereocenters. The lowest BCUT2D eigenvalue weighted by atomic mass is 10.1. The van der Waals surface area contributed by atoms with E-state index in [9.17, 15) is 0 Å². The van der Waals surface area contributed by atoms with E-state index in [0.717, 1.165) is 17.9 Å². The Kier molecular flexibility index (Phi) is 3.44. The number of fused-ring (bicyclic) bond motifs is 1. The molecule has 0 aromatic carbocycles. The summed E-state index contributed by atoms with van der Waals surface area (Å²) in [5.74, 6) is 1.03. The van der Waals surface area contributed by atoms with E-state index in [1.54, 1.807) is 10.7 Å². The molecule has 3 rings (SSSR count). The molecule has 3 aromatic rings. The molecule has 3 aromatic heterocycles. The lowest BCUT2D eigenvalue weighted by molar-refractivity contribution is 0.632. The predicted octanol–water partition coefficient (Wildman–Crippen LogP) is 1.71. The van der Waals surface area contributed by atoms with Gasteiger partial charge in [-0.2, -0.15) is 10.1 Å². The number of nitrogens with zero attached hydrogens (tertiary/aromatic N) is 6. The van der Waals surface area contributed by atoms with Crippen LogP contribution in [0.15, 0.2) is 12.4 Å². The van der Waals surface area contributed by atoms with Gasteiger partial charge in [0.1, 0.15) is 12.1 Å². The number of aromatic nitrogens is 6. The normalized spacial score (nSPS) is 12.7. The summed E-state index contributed by atoms with van der Waals surface area (Å²) in [6, 6.07) is 1.90. The molecule has 0 fully saturated rings. The third-order valence-electron chi connectivity index (χ3n) is 3.86. The van der Waals surface area contributed by atoms with Crippen molar-refractivity contribution in [3.63, 3.8) is 0 Å². The maximum atomic E-state index is 5.92. The minimum absolute atomic E-state index is 0.0672. The molecule has 0 saturated carbocycles. The van der Waals surface area contributed by atoms with Gasteiger partial charge in [-0.05, 0) is 27.7 Å². The molecule has 0 aliphatic carbocycles. The molecule has 0 aliphatic rings. The molecule has 0 bridgehead atoms. The van der Waals surface area contributed by atoms with E-state index in [1.165, 1.54) is 5.56 Å². The Labute approximate surface area is 128 Å². The van der Waals surface area contributed by atoms with Crippen molar-refractivity contribution in [2.75, 3.05) is 11.1 Å². The Morgan fingerprint density at radius 2 is 2.14 bits per heavy atom. The number of nitrogens with two attached hydrogens (primary N) is 1. The Morgan fingerprint density at radius 1 is 1.36 bits per heavy atom. The van der Waals surface area contributed by atoms with E-state index in [2.05, 4.69) is 46.4 Å². The number of hydrogen-bond donors (Lipinski definition) is 2. The molecule has 0 radical (unpaired) electrons. The summed E-state index contributed by atoms with van der Waals surface area (Å²) in [5, 5.41) is 15.8. The van der Waals surface area contributed by atoms with Gasteiger partial charge < -0.3 is 11.1 Å². The second-order valence-electron chi connectivity index (χ2n) is 5.33. The summed E-state index contributed by atoms with van der Waals surface area (Å²) in [4.78, 5) is 4.35. The zero-order valence-electron chi connectivity index (χ0n) is 13.2. The first-order valence-electron chi connectivity index (χ1n) is 7.28. The number of nitrogen functional groups attached to an aromatic ring is 1. The molecule has 22 heavy (non-hydrogen) atoms. The monoisotopic (exact) mass is 300 g/mol. The molecule has 1 unspecified atom stereocenters. The zero-order chi connectivity index (χ0) is 15.9. The highest BCUT2D eigenvalue weighted by Crippen LogP contribution is 2.25. The molecular weight excluding hydrogens is 280 g/mol. The Morgan fingerprint density at radius 3 is 2.82 bits per heavy atom. The zero-order valence-corrected chi connectivity index (χ0v) is 13.2. The maximum absolute atomic E-state index is 5.92. The van der Waals surface area contributed by atoms with E-state index in [-0.39, 0.29) is 6.04 Å². The minimum atomic E-state index is 0.0672. The van der Waals surface area contributed by atoms with Gasteiger partial charge in [-0.1, -0.05) is 0 Å². The molecule has 8 heteroatoms. The highest BCUT2D eigenvalue weighted by molar-refractivity contribution is 5.54. The van der Waals surface area contributed by atoms with Crippen LogP contribution in [0.5, 0.6) is 0 Å². The summed E-state index contributed by atoms with van der Waals surface area (Å²) in [7, 11) is 0. The van der Waals surface area contributed by atoms with Crippen LogP contribution in [0.1, 0.15) is 36.8 Å². The van der Waals surface area contributed by atoms with E-state index in [1.807, 2.05) is 17.7 Å². The molecule has 116 valence electrons. The summed E-state index contributed by atoms with van der Waals surface area (Å²) in [6.45, 7) is 9.14. The van der Waals surface area contributed by atoms with Crippen LogP contribution < -0.4 is 11.1 Å². The van der Waals surface area contributed by atoms with E-state index < -0.39 is 0 Å². The van der Waals surface area contributed by atoms with Crippen LogP contribution in [0.25, 0.3) is 5.65 Å². The maximum Gasteiger partial charge on any atom is 0.209 e. The summed E-state index contributed by atoms with van der Waals surface area (Å²) < 4.78 is 3.65. The largest absolute Gasteiger partial charge is 0.369 e. The smallest absolute Gasteiger partial charge is 0.209 e. The average molecular weight is 300 g/mol. The van der Waals surface area contributed by atoms with Crippen molar-refractivity contribution in [1.29, 1.82) is 0 Å². The molecule has 0 amide bonds. The quantitative estimate of drug-likeness (QED) is 0.761. The van der Waals surface area contributed by atoms with Gasteiger partial charge in [-0.3, -0.25) is 9.08 Å². The fraction of sp³-hybridized carbons (Fsp3) is 0.429. The third kappa shape index (κ3) is 2.26. The number of rotatable bonds is 4. The molecule has 0 saturated heterocycles. The number of anilines is 2. The number of nitrogens with one attached hydrogen (secondary N) is 1. The van der Waals surface area contributed by atoms with E-state index in [0.29, 0.717) is 17.4 Å². The van der Waals surface area contributed by atoms with Crippen LogP contribution in [-0.2, 0) is 6.54 Å². The fourth-order valence-electron chi connectivity index (χ4n) is 2.86. The van der Waals surface area contributed by atoms with Gasteiger partial charge in [0, 0.05) is 23.9 Å². The SMILES string of the molecule is CCn1nc(C)c(C(C)Nc2cc3nncn3c(N)n2)c1C. The van der Waals surface area contributed by atoms with Crippen LogP contribution in [-0.4, -0.2) is 29.4 Å². The third-order valence-corrected chi connectivity index (χ3v) is 3.86. The van der Waals surface area contributed by atoms with Crippen molar-refractivity contribution >= 4 is 17.4 Å². The van der Waals surface area contributed by atoms with Crippen molar-refractivity contribution in [3.8, 4) is 0 Å². The summed E-state index contributed by atoms with van der Waals surface area (Å²) in [5.41, 5.74) is 9.95. The minimum Gasteiger partial charge on any atom is -0.369 e. The molecule has 3 N–H and O–H groups in total. The van der Waals surface area contributed by atoms with Crippen molar-refractivity contribution in [1.82, 2.24) is 29.4 Å². The molecule has 0 spiro atoms. The lowest BCUT2D eigenvalue weighted by Crippen LogP contribution is -2.12. The van der Waals surface area contributed by atoms with Gasteiger partial charge >= 0.3 is 0 Å². The topological polar surface area (TPSA) is 99.0 Å². The van der Waals surface area contributed by atoms with Crippen LogP contribution in [0.4, 0.5) is 11.8 Å². The Bertz CT molecular complexity index is 816. The van der Waals surface area contributed by atoms with Crippen LogP contribution >= 0.6 is 0 Å². The second-order valence-corrected chi connectivity index (χ2v) is 5.33. The number of hydrogen-bond acceptors (Lipinski definition) is 6. The highest BCUT2D eigenvalue weighted by Gasteiger charge is 2.18. The van der Waals surface area contributed by atoms with E-state index >= 15 is 0 Å². The standard InChI is InChI=1S/C14H20N8/c1-5-22-10(4)13(9(3)20-22)8(2)17-11-6-12-19-16-7-21(12)14(15)18-11/h6-8,17H,5H2,1-4H3,(H2,15,18). The Hall–Kier alpha value is -2.64.